The Morgan fingerprint density at radius 3 is 2.32 bits per heavy atom. The lowest BCUT2D eigenvalue weighted by molar-refractivity contribution is -0.136. The summed E-state index contributed by atoms with van der Waals surface area (Å²) < 4.78 is 12.5. The van der Waals surface area contributed by atoms with Crippen molar-refractivity contribution in [2.24, 2.45) is 0 Å². The molecule has 6 heteroatoms. The zero-order valence-corrected chi connectivity index (χ0v) is 12.3. The lowest BCUT2D eigenvalue weighted by Crippen LogP contribution is -2.35. The number of imidazole rings is 1. The Hall–Kier alpha value is -2.76. The van der Waals surface area contributed by atoms with Crippen LogP contribution in [0.2, 0.25) is 0 Å². The first-order chi connectivity index (χ1) is 10.7. The number of hydrogen-bond donors (Lipinski definition) is 0. The second-order valence-electron chi connectivity index (χ2n) is 5.04. The van der Waals surface area contributed by atoms with E-state index in [2.05, 4.69) is 4.98 Å². The predicted octanol–water partition coefficient (Wildman–Crippen LogP) is 2.86. The van der Waals surface area contributed by atoms with E-state index >= 15 is 0 Å². The first kappa shape index (κ1) is 14.2. The SMILES string of the molecule is C[C@H](C(=O)N(Cc1ccco1)Cc1ccco1)n1ccnc1. The second-order valence-corrected chi connectivity index (χ2v) is 5.04. The molecule has 1 atom stereocenters. The molecule has 114 valence electrons. The van der Waals surface area contributed by atoms with Gasteiger partial charge in [0, 0.05) is 12.4 Å². The van der Waals surface area contributed by atoms with E-state index in [1.54, 1.807) is 40.7 Å². The van der Waals surface area contributed by atoms with Crippen LogP contribution in [0.4, 0.5) is 0 Å². The molecule has 0 aliphatic rings. The highest BCUT2D eigenvalue weighted by molar-refractivity contribution is 5.80. The van der Waals surface area contributed by atoms with Gasteiger partial charge in [0.15, 0.2) is 0 Å². The summed E-state index contributed by atoms with van der Waals surface area (Å²) in [5.41, 5.74) is 0. The summed E-state index contributed by atoms with van der Waals surface area (Å²) in [4.78, 5) is 18.5. The van der Waals surface area contributed by atoms with Gasteiger partial charge >= 0.3 is 0 Å². The van der Waals surface area contributed by atoms with E-state index in [0.717, 1.165) is 11.5 Å². The fraction of sp³-hybridized carbons (Fsp3) is 0.250. The van der Waals surface area contributed by atoms with Crippen LogP contribution in [0.5, 0.6) is 0 Å². The van der Waals surface area contributed by atoms with Crippen LogP contribution < -0.4 is 0 Å². The summed E-state index contributed by atoms with van der Waals surface area (Å²) in [5.74, 6) is 1.45. The van der Waals surface area contributed by atoms with Crippen LogP contribution in [0, 0.1) is 0 Å². The fourth-order valence-corrected chi connectivity index (χ4v) is 2.28. The molecule has 0 saturated heterocycles. The molecule has 3 heterocycles. The minimum atomic E-state index is -0.340. The van der Waals surface area contributed by atoms with Gasteiger partial charge in [-0.2, -0.15) is 0 Å². The highest BCUT2D eigenvalue weighted by atomic mass is 16.3. The van der Waals surface area contributed by atoms with Crippen LogP contribution in [0.25, 0.3) is 0 Å². The molecule has 3 aromatic rings. The molecule has 3 rings (SSSR count). The van der Waals surface area contributed by atoms with E-state index in [0.29, 0.717) is 13.1 Å². The van der Waals surface area contributed by atoms with Gasteiger partial charge in [-0.05, 0) is 31.2 Å². The summed E-state index contributed by atoms with van der Waals surface area (Å²) in [5, 5.41) is 0. The number of carbonyl (C=O) groups excluding carboxylic acids is 1. The molecule has 6 nitrogen and oxygen atoms in total. The number of amides is 1. The van der Waals surface area contributed by atoms with Gasteiger partial charge in [-0.15, -0.1) is 0 Å². The van der Waals surface area contributed by atoms with Crippen LogP contribution in [0.15, 0.2) is 64.3 Å². The Bertz CT molecular complexity index is 651. The second kappa shape index (κ2) is 6.34. The van der Waals surface area contributed by atoms with Crippen molar-refractivity contribution in [1.82, 2.24) is 14.5 Å². The van der Waals surface area contributed by atoms with Crippen molar-refractivity contribution in [3.05, 3.63) is 67.0 Å². The first-order valence-electron chi connectivity index (χ1n) is 7.05. The number of rotatable bonds is 6. The third-order valence-corrected chi connectivity index (χ3v) is 3.49. The summed E-state index contributed by atoms with van der Waals surface area (Å²) in [7, 11) is 0. The van der Waals surface area contributed by atoms with Gasteiger partial charge < -0.3 is 18.3 Å². The smallest absolute Gasteiger partial charge is 0.246 e. The predicted molar refractivity (Wildman–Crippen MR) is 78.6 cm³/mol. The first-order valence-corrected chi connectivity index (χ1v) is 7.05. The average molecular weight is 299 g/mol. The van der Waals surface area contributed by atoms with E-state index in [1.165, 1.54) is 0 Å². The van der Waals surface area contributed by atoms with Crippen LogP contribution >= 0.6 is 0 Å². The van der Waals surface area contributed by atoms with Crippen molar-refractivity contribution in [3.63, 3.8) is 0 Å². The highest BCUT2D eigenvalue weighted by Gasteiger charge is 2.23. The normalized spacial score (nSPS) is 12.2. The van der Waals surface area contributed by atoms with Crippen LogP contribution in [0.1, 0.15) is 24.5 Å². The molecule has 22 heavy (non-hydrogen) atoms. The van der Waals surface area contributed by atoms with E-state index in [-0.39, 0.29) is 11.9 Å². The molecule has 0 fully saturated rings. The molecular formula is C16H17N3O3. The van der Waals surface area contributed by atoms with Crippen LogP contribution in [-0.2, 0) is 17.9 Å². The fourth-order valence-electron chi connectivity index (χ4n) is 2.28. The molecule has 0 unspecified atom stereocenters. The van der Waals surface area contributed by atoms with Crippen molar-refractivity contribution < 1.29 is 13.6 Å². The molecule has 3 aromatic heterocycles. The quantitative estimate of drug-likeness (QED) is 0.702. The zero-order chi connectivity index (χ0) is 15.4. The number of furan rings is 2. The highest BCUT2D eigenvalue weighted by Crippen LogP contribution is 2.16. The minimum absolute atomic E-state index is 0.0224. The minimum Gasteiger partial charge on any atom is -0.467 e. The van der Waals surface area contributed by atoms with Gasteiger partial charge in [0.2, 0.25) is 5.91 Å². The lowest BCUT2D eigenvalue weighted by atomic mass is 10.2. The Kier molecular flexibility index (Phi) is 4.09. The molecule has 0 saturated carbocycles. The van der Waals surface area contributed by atoms with Crippen molar-refractivity contribution in [2.45, 2.75) is 26.1 Å². The van der Waals surface area contributed by atoms with Crippen molar-refractivity contribution in [3.8, 4) is 0 Å². The molecule has 0 aromatic carbocycles. The molecule has 0 spiro atoms. The maximum absolute atomic E-state index is 12.8. The number of carbonyl (C=O) groups is 1. The van der Waals surface area contributed by atoms with Crippen molar-refractivity contribution >= 4 is 5.91 Å². The number of hydrogen-bond acceptors (Lipinski definition) is 4. The molecule has 0 aliphatic carbocycles. The van der Waals surface area contributed by atoms with Crippen LogP contribution in [0.3, 0.4) is 0 Å². The summed E-state index contributed by atoms with van der Waals surface area (Å²) in [6.07, 6.45) is 8.28. The van der Waals surface area contributed by atoms with Gasteiger partial charge in [0.05, 0.1) is 31.9 Å². The molecule has 0 aliphatic heterocycles. The van der Waals surface area contributed by atoms with Gasteiger partial charge in [-0.1, -0.05) is 0 Å². The zero-order valence-electron chi connectivity index (χ0n) is 12.3. The maximum Gasteiger partial charge on any atom is 0.246 e. The maximum atomic E-state index is 12.8. The van der Waals surface area contributed by atoms with E-state index in [9.17, 15) is 4.79 Å². The van der Waals surface area contributed by atoms with Gasteiger partial charge in [-0.3, -0.25) is 4.79 Å². The summed E-state index contributed by atoms with van der Waals surface area (Å²) >= 11 is 0. The van der Waals surface area contributed by atoms with Crippen LogP contribution in [-0.4, -0.2) is 20.4 Å². The van der Waals surface area contributed by atoms with Gasteiger partial charge in [0.1, 0.15) is 17.6 Å². The van der Waals surface area contributed by atoms with E-state index < -0.39 is 0 Å². The van der Waals surface area contributed by atoms with E-state index in [4.69, 9.17) is 8.83 Å². The topological polar surface area (TPSA) is 64.4 Å². The Morgan fingerprint density at radius 2 is 1.86 bits per heavy atom. The van der Waals surface area contributed by atoms with Gasteiger partial charge in [0.25, 0.3) is 0 Å². The summed E-state index contributed by atoms with van der Waals surface area (Å²) in [6, 6.07) is 6.98. The molecule has 0 N–H and O–H groups in total. The van der Waals surface area contributed by atoms with Crippen molar-refractivity contribution in [1.29, 1.82) is 0 Å². The third kappa shape index (κ3) is 3.11. The molecular weight excluding hydrogens is 282 g/mol. The van der Waals surface area contributed by atoms with Crippen molar-refractivity contribution in [2.75, 3.05) is 0 Å². The average Bonchev–Trinajstić information content (AvgIpc) is 3.27. The Balaban J connectivity index is 1.78. The van der Waals surface area contributed by atoms with Gasteiger partial charge in [-0.25, -0.2) is 4.98 Å². The Labute approximate surface area is 128 Å². The molecule has 0 bridgehead atoms. The third-order valence-electron chi connectivity index (χ3n) is 3.49. The number of aromatic nitrogens is 2. The number of nitrogens with zero attached hydrogens (tertiary/aromatic N) is 3. The standard InChI is InChI=1S/C16H17N3O3/c1-13(18-7-6-17-12-18)16(20)19(10-14-4-2-8-21-14)11-15-5-3-9-22-15/h2-9,12-13H,10-11H2,1H3/t13-/m1/s1. The Morgan fingerprint density at radius 1 is 1.23 bits per heavy atom. The lowest BCUT2D eigenvalue weighted by Gasteiger charge is -2.24. The summed E-state index contributed by atoms with van der Waals surface area (Å²) in [6.45, 7) is 2.64. The largest absolute Gasteiger partial charge is 0.467 e. The molecule has 1 amide bonds. The monoisotopic (exact) mass is 299 g/mol. The molecule has 0 radical (unpaired) electrons. The van der Waals surface area contributed by atoms with E-state index in [1.807, 2.05) is 31.2 Å².